The van der Waals surface area contributed by atoms with Crippen molar-refractivity contribution in [2.24, 2.45) is 5.92 Å². The molecule has 2 aliphatic heterocycles. The number of aromatic nitrogens is 3. The zero-order chi connectivity index (χ0) is 29.5. The third-order valence-electron chi connectivity index (χ3n) is 7.78. The van der Waals surface area contributed by atoms with E-state index in [1.807, 2.05) is 0 Å². The third-order valence-corrected chi connectivity index (χ3v) is 9.12. The molecule has 6 rings (SSSR count). The van der Waals surface area contributed by atoms with Gasteiger partial charge in [-0.25, -0.2) is 9.18 Å². The number of amides is 2. The van der Waals surface area contributed by atoms with Gasteiger partial charge in [0.15, 0.2) is 5.75 Å². The molecule has 2 amide bonds. The number of thiophene rings is 1. The number of fused-ring (bicyclic) bond motifs is 3. The summed E-state index contributed by atoms with van der Waals surface area (Å²) in [5, 5.41) is 30.6. The predicted molar refractivity (Wildman–Crippen MR) is 152 cm³/mol. The first-order valence-corrected chi connectivity index (χ1v) is 14.2. The topological polar surface area (TPSA) is 163 Å². The number of piperidine rings is 1. The van der Waals surface area contributed by atoms with Gasteiger partial charge in [-0.3, -0.25) is 4.79 Å². The van der Waals surface area contributed by atoms with Gasteiger partial charge in [-0.15, -0.1) is 11.3 Å². The van der Waals surface area contributed by atoms with Crippen molar-refractivity contribution in [3.05, 3.63) is 58.6 Å². The van der Waals surface area contributed by atoms with Gasteiger partial charge in [-0.05, 0) is 24.1 Å². The van der Waals surface area contributed by atoms with Gasteiger partial charge >= 0.3 is 6.03 Å². The summed E-state index contributed by atoms with van der Waals surface area (Å²) >= 11 is 8.01. The number of nitrogens with one attached hydrogen (secondary N) is 1. The van der Waals surface area contributed by atoms with E-state index in [1.54, 1.807) is 23.1 Å². The number of ether oxygens (including phenoxy) is 1. The van der Waals surface area contributed by atoms with Gasteiger partial charge in [0.25, 0.3) is 5.91 Å². The van der Waals surface area contributed by atoms with E-state index < -0.39 is 35.8 Å². The summed E-state index contributed by atoms with van der Waals surface area (Å²) in [5.74, 6) is -1.61. The van der Waals surface area contributed by atoms with Crippen LogP contribution in [0.25, 0.3) is 21.2 Å². The lowest BCUT2D eigenvalue weighted by atomic mass is 9.80. The van der Waals surface area contributed by atoms with Crippen LogP contribution in [0.15, 0.2) is 36.7 Å². The van der Waals surface area contributed by atoms with Crippen LogP contribution in [-0.2, 0) is 0 Å². The van der Waals surface area contributed by atoms with Crippen molar-refractivity contribution in [3.63, 3.8) is 0 Å². The van der Waals surface area contributed by atoms with Crippen molar-refractivity contribution in [1.29, 1.82) is 10.5 Å². The molecular weight excluding hydrogens is 583 g/mol. The van der Waals surface area contributed by atoms with Gasteiger partial charge < -0.3 is 20.7 Å². The van der Waals surface area contributed by atoms with Crippen LogP contribution < -0.4 is 15.8 Å². The lowest BCUT2D eigenvalue weighted by Crippen LogP contribution is -2.59. The van der Waals surface area contributed by atoms with Crippen molar-refractivity contribution < 1.29 is 18.7 Å². The highest BCUT2D eigenvalue weighted by atomic mass is 35.5. The summed E-state index contributed by atoms with van der Waals surface area (Å²) in [6, 6.07) is 9.11. The van der Waals surface area contributed by atoms with Crippen LogP contribution in [-0.4, -0.2) is 57.1 Å². The van der Waals surface area contributed by atoms with E-state index in [-0.39, 0.29) is 47.0 Å². The van der Waals surface area contributed by atoms with E-state index in [0.717, 1.165) is 10.9 Å². The molecule has 11 nitrogen and oxygen atoms in total. The highest BCUT2D eigenvalue weighted by Gasteiger charge is 2.43. The summed E-state index contributed by atoms with van der Waals surface area (Å²) < 4.78 is 22.7. The van der Waals surface area contributed by atoms with Gasteiger partial charge in [0.1, 0.15) is 16.9 Å². The lowest BCUT2D eigenvalue weighted by molar-refractivity contribution is 0.0331. The normalized spacial score (nSPS) is 20.0. The zero-order valence-electron chi connectivity index (χ0n) is 21.9. The molecule has 14 heteroatoms. The molecule has 0 aliphatic carbocycles. The average Bonchev–Trinajstić information content (AvgIpc) is 3.62. The standard InChI is InChI=1S/C28H22ClFN8O3S/c29-24-23(15-2-1-3-21-22(15)17(13-32)26(33)42-21)18(30)12-16-25(24)41-11-6-20-14(4-7-31)19(5-10-37(20)27(16)39)36-28(40)38-34-8-9-35-38/h1-3,8-9,12,14,19-20H,4-6,10-11,33H2,(H,36,40). The maximum Gasteiger partial charge on any atom is 0.359 e. The first kappa shape index (κ1) is 27.4. The summed E-state index contributed by atoms with van der Waals surface area (Å²) in [7, 11) is 0. The van der Waals surface area contributed by atoms with Crippen LogP contribution in [0, 0.1) is 34.4 Å². The molecule has 2 aromatic heterocycles. The number of hydrogen-bond acceptors (Lipinski definition) is 9. The Bertz CT molecular complexity index is 1810. The fourth-order valence-corrected chi connectivity index (χ4v) is 7.25. The fraction of sp³-hybridized carbons (Fsp3) is 0.286. The van der Waals surface area contributed by atoms with Crippen LogP contribution in [0.2, 0.25) is 5.02 Å². The maximum atomic E-state index is 15.9. The van der Waals surface area contributed by atoms with Crippen molar-refractivity contribution in [3.8, 4) is 29.0 Å². The molecule has 3 atom stereocenters. The number of carbonyl (C=O) groups is 2. The monoisotopic (exact) mass is 604 g/mol. The number of nitrogen functional groups attached to an aromatic ring is 1. The number of rotatable bonds is 3. The summed E-state index contributed by atoms with van der Waals surface area (Å²) in [6.45, 7) is 0.372. The summed E-state index contributed by atoms with van der Waals surface area (Å²) in [6.07, 6.45) is 3.55. The number of carbonyl (C=O) groups excluding carboxylic acids is 2. The maximum absolute atomic E-state index is 15.9. The molecule has 0 bridgehead atoms. The summed E-state index contributed by atoms with van der Waals surface area (Å²) in [5.41, 5.74) is 6.63. The van der Waals surface area contributed by atoms with Gasteiger partial charge in [0, 0.05) is 53.0 Å². The van der Waals surface area contributed by atoms with E-state index in [4.69, 9.17) is 22.1 Å². The largest absolute Gasteiger partial charge is 0.491 e. The third kappa shape index (κ3) is 4.47. The molecule has 0 radical (unpaired) electrons. The lowest BCUT2D eigenvalue weighted by Gasteiger charge is -2.46. The molecule has 2 aliphatic rings. The van der Waals surface area contributed by atoms with E-state index in [0.29, 0.717) is 33.5 Å². The van der Waals surface area contributed by atoms with Crippen LogP contribution in [0.3, 0.4) is 0 Å². The van der Waals surface area contributed by atoms with Gasteiger partial charge in [0.2, 0.25) is 0 Å². The van der Waals surface area contributed by atoms with Crippen LogP contribution in [0.5, 0.6) is 5.75 Å². The Morgan fingerprint density at radius 1 is 1.26 bits per heavy atom. The summed E-state index contributed by atoms with van der Waals surface area (Å²) in [4.78, 5) is 29.1. The minimum absolute atomic E-state index is 0.0104. The van der Waals surface area contributed by atoms with Gasteiger partial charge in [0.05, 0.1) is 41.2 Å². The van der Waals surface area contributed by atoms with Crippen LogP contribution >= 0.6 is 22.9 Å². The van der Waals surface area contributed by atoms with Crippen molar-refractivity contribution >= 4 is 50.0 Å². The van der Waals surface area contributed by atoms with Crippen molar-refractivity contribution in [1.82, 2.24) is 25.2 Å². The first-order valence-electron chi connectivity index (χ1n) is 13.0. The molecule has 0 saturated carbocycles. The Morgan fingerprint density at radius 3 is 2.79 bits per heavy atom. The van der Waals surface area contributed by atoms with Crippen molar-refractivity contribution in [2.45, 2.75) is 31.3 Å². The molecule has 0 spiro atoms. The minimum atomic E-state index is -0.753. The Labute approximate surface area is 247 Å². The molecule has 2 aromatic carbocycles. The smallest absolute Gasteiger partial charge is 0.359 e. The first-order chi connectivity index (χ1) is 20.3. The van der Waals surface area contributed by atoms with Crippen molar-refractivity contribution in [2.75, 3.05) is 18.9 Å². The molecule has 1 fully saturated rings. The molecule has 3 unspecified atom stereocenters. The van der Waals surface area contributed by atoms with E-state index in [1.165, 1.54) is 23.7 Å². The highest BCUT2D eigenvalue weighted by molar-refractivity contribution is 7.23. The number of hydrogen-bond donors (Lipinski definition) is 2. The minimum Gasteiger partial charge on any atom is -0.491 e. The number of benzene rings is 2. The number of anilines is 1. The Kier molecular flexibility index (Phi) is 7.14. The van der Waals surface area contributed by atoms with E-state index in [2.05, 4.69) is 27.7 Å². The molecule has 3 N–H and O–H groups in total. The zero-order valence-corrected chi connectivity index (χ0v) is 23.5. The van der Waals surface area contributed by atoms with E-state index in [9.17, 15) is 20.1 Å². The quantitative estimate of drug-likeness (QED) is 0.344. The SMILES string of the molecule is N#CCC1C(NC(=O)n2nccn2)CCN2C(=O)c3cc(F)c(-c4cccc5sc(N)c(C#N)c45)c(Cl)c3OCCC12. The second-order valence-electron chi connectivity index (χ2n) is 9.95. The number of nitrogens with two attached hydrogens (primary N) is 1. The number of nitrogens with zero attached hydrogens (tertiary/aromatic N) is 6. The number of halogens is 2. The van der Waals surface area contributed by atoms with E-state index >= 15 is 4.39 Å². The molecule has 1 saturated heterocycles. The predicted octanol–water partition coefficient (Wildman–Crippen LogP) is 4.56. The Balaban J connectivity index is 1.37. The second kappa shape index (κ2) is 10.9. The molecule has 4 aromatic rings. The fourth-order valence-electron chi connectivity index (χ4n) is 5.95. The van der Waals surface area contributed by atoms with Crippen LogP contribution in [0.1, 0.15) is 35.2 Å². The van der Waals surface area contributed by atoms with Gasteiger partial charge in [-0.2, -0.15) is 20.7 Å². The Hall–Kier alpha value is -4.72. The average molecular weight is 605 g/mol. The molecule has 4 heterocycles. The molecule has 42 heavy (non-hydrogen) atoms. The second-order valence-corrected chi connectivity index (χ2v) is 11.4. The highest BCUT2D eigenvalue weighted by Crippen LogP contribution is 2.47. The van der Waals surface area contributed by atoms with Crippen LogP contribution in [0.4, 0.5) is 14.2 Å². The van der Waals surface area contributed by atoms with Gasteiger partial charge in [-0.1, -0.05) is 28.5 Å². The number of nitriles is 2. The Morgan fingerprint density at radius 2 is 2.05 bits per heavy atom. The molecular formula is C28H22ClFN8O3S. The molecule has 212 valence electrons.